The number of primary amides is 1. The molecule has 0 unspecified atom stereocenters. The molecule has 0 atom stereocenters. The fraction of sp³-hybridized carbons (Fsp3) is 0.478. The van der Waals surface area contributed by atoms with Crippen LogP contribution in [0.4, 0.5) is 5.69 Å². The Kier molecular flexibility index (Phi) is 5.21. The number of rotatable bonds is 4. The number of fused-ring (bicyclic) bond motifs is 1. The Balaban J connectivity index is 1.75. The van der Waals surface area contributed by atoms with Gasteiger partial charge in [-0.2, -0.15) is 0 Å². The molecule has 6 nitrogen and oxygen atoms in total. The monoisotopic (exact) mass is 395 g/mol. The number of nitrogens with one attached hydrogen (secondary N) is 1. The van der Waals surface area contributed by atoms with Crippen molar-refractivity contribution in [2.75, 3.05) is 5.32 Å². The van der Waals surface area contributed by atoms with Crippen LogP contribution < -0.4 is 11.1 Å². The minimum atomic E-state index is -0.465. The van der Waals surface area contributed by atoms with Gasteiger partial charge in [0.1, 0.15) is 0 Å². The first-order chi connectivity index (χ1) is 13.9. The molecule has 154 valence electrons. The summed E-state index contributed by atoms with van der Waals surface area (Å²) in [6, 6.07) is 5.84. The zero-order valence-electron chi connectivity index (χ0n) is 17.1. The van der Waals surface area contributed by atoms with E-state index in [0.717, 1.165) is 72.4 Å². The summed E-state index contributed by atoms with van der Waals surface area (Å²) in [4.78, 5) is 24.5. The number of hydrogen-bond donors (Lipinski definition) is 3. The Bertz CT molecular complexity index is 968. The quantitative estimate of drug-likeness (QED) is 0.739. The Morgan fingerprint density at radius 3 is 2.59 bits per heavy atom. The van der Waals surface area contributed by atoms with E-state index in [2.05, 4.69) is 9.88 Å². The van der Waals surface area contributed by atoms with Crippen LogP contribution in [0.25, 0.3) is 5.69 Å². The van der Waals surface area contributed by atoms with Crippen LogP contribution in [-0.4, -0.2) is 33.5 Å². The van der Waals surface area contributed by atoms with E-state index in [-0.39, 0.29) is 17.9 Å². The van der Waals surface area contributed by atoms with Crippen molar-refractivity contribution in [2.24, 2.45) is 5.73 Å². The standard InChI is InChI=1S/C23H29N3O3/c1-13-14(2)26(20-4-3-5-21(28)22(13)20)16-8-11-18(23(24)29)19(12-16)25-15-6-9-17(27)10-7-15/h8,11-12,15,17,25,27H,3-7,9-10H2,1-2H3,(H2,24,29)/t15-,17-. The number of carbonyl (C=O) groups is 2. The molecule has 1 aromatic heterocycles. The second-order valence-electron chi connectivity index (χ2n) is 8.39. The van der Waals surface area contributed by atoms with Gasteiger partial charge in [0.15, 0.2) is 5.78 Å². The maximum absolute atomic E-state index is 12.5. The van der Waals surface area contributed by atoms with Gasteiger partial charge in [0.25, 0.3) is 5.91 Å². The highest BCUT2D eigenvalue weighted by Gasteiger charge is 2.27. The summed E-state index contributed by atoms with van der Waals surface area (Å²) in [5.41, 5.74) is 11.8. The lowest BCUT2D eigenvalue weighted by atomic mass is 9.92. The summed E-state index contributed by atoms with van der Waals surface area (Å²) in [6.07, 6.45) is 5.34. The molecule has 0 saturated heterocycles. The van der Waals surface area contributed by atoms with Crippen molar-refractivity contribution in [3.05, 3.63) is 46.3 Å². The molecule has 1 amide bonds. The van der Waals surface area contributed by atoms with E-state index in [1.165, 1.54) is 0 Å². The minimum Gasteiger partial charge on any atom is -0.393 e. The van der Waals surface area contributed by atoms with Gasteiger partial charge in [0.05, 0.1) is 11.7 Å². The molecule has 6 heteroatoms. The summed E-state index contributed by atoms with van der Waals surface area (Å²) in [5, 5.41) is 13.2. The van der Waals surface area contributed by atoms with Crippen LogP contribution in [0.15, 0.2) is 18.2 Å². The van der Waals surface area contributed by atoms with Gasteiger partial charge in [-0.1, -0.05) is 0 Å². The van der Waals surface area contributed by atoms with Gasteiger partial charge in [-0.15, -0.1) is 0 Å². The first kappa shape index (κ1) is 19.7. The van der Waals surface area contributed by atoms with Gasteiger partial charge in [-0.05, 0) is 76.1 Å². The summed E-state index contributed by atoms with van der Waals surface area (Å²) in [6.45, 7) is 4.05. The van der Waals surface area contributed by atoms with Crippen molar-refractivity contribution in [3.63, 3.8) is 0 Å². The number of aromatic nitrogens is 1. The molecule has 0 radical (unpaired) electrons. The number of aliphatic hydroxyl groups is 1. The van der Waals surface area contributed by atoms with E-state index in [0.29, 0.717) is 12.0 Å². The van der Waals surface area contributed by atoms with Crippen LogP contribution in [-0.2, 0) is 6.42 Å². The first-order valence-corrected chi connectivity index (χ1v) is 10.5. The van der Waals surface area contributed by atoms with Crippen molar-refractivity contribution < 1.29 is 14.7 Å². The van der Waals surface area contributed by atoms with Crippen molar-refractivity contribution >= 4 is 17.4 Å². The van der Waals surface area contributed by atoms with Crippen LogP contribution in [0.2, 0.25) is 0 Å². The van der Waals surface area contributed by atoms with Gasteiger partial charge in [-0.3, -0.25) is 9.59 Å². The molecular weight excluding hydrogens is 366 g/mol. The summed E-state index contributed by atoms with van der Waals surface area (Å²) < 4.78 is 2.16. The van der Waals surface area contributed by atoms with Crippen molar-refractivity contribution in [2.45, 2.75) is 70.9 Å². The van der Waals surface area contributed by atoms with Gasteiger partial charge in [-0.25, -0.2) is 0 Å². The predicted octanol–water partition coefficient (Wildman–Crippen LogP) is 3.43. The molecular formula is C23H29N3O3. The third kappa shape index (κ3) is 3.57. The lowest BCUT2D eigenvalue weighted by molar-refractivity contribution is 0.0969. The number of amides is 1. The molecule has 1 saturated carbocycles. The average molecular weight is 396 g/mol. The number of ketones is 1. The van der Waals surface area contributed by atoms with E-state index in [4.69, 9.17) is 5.73 Å². The Morgan fingerprint density at radius 1 is 1.17 bits per heavy atom. The van der Waals surface area contributed by atoms with Crippen LogP contribution >= 0.6 is 0 Å². The minimum absolute atomic E-state index is 0.203. The molecule has 0 spiro atoms. The SMILES string of the molecule is Cc1c2c(n(-c3ccc(C(N)=O)c(N[C@H]4CC[C@H](O)CC4)c3)c1C)CCCC2=O. The predicted molar refractivity (Wildman–Crippen MR) is 113 cm³/mol. The highest BCUT2D eigenvalue weighted by atomic mass is 16.3. The van der Waals surface area contributed by atoms with Gasteiger partial charge < -0.3 is 20.7 Å². The Labute approximate surface area is 171 Å². The molecule has 2 aromatic rings. The number of anilines is 1. The number of aliphatic hydroxyl groups excluding tert-OH is 1. The lowest BCUT2D eigenvalue weighted by Gasteiger charge is -2.28. The van der Waals surface area contributed by atoms with Gasteiger partial charge in [0.2, 0.25) is 0 Å². The third-order valence-electron chi connectivity index (χ3n) is 6.49. The summed E-state index contributed by atoms with van der Waals surface area (Å²) >= 11 is 0. The number of benzene rings is 1. The zero-order chi connectivity index (χ0) is 20.7. The van der Waals surface area contributed by atoms with Gasteiger partial charge >= 0.3 is 0 Å². The molecule has 4 rings (SSSR count). The molecule has 29 heavy (non-hydrogen) atoms. The fourth-order valence-electron chi connectivity index (χ4n) is 4.82. The number of nitrogens with two attached hydrogens (primary N) is 1. The van der Waals surface area contributed by atoms with E-state index >= 15 is 0 Å². The van der Waals surface area contributed by atoms with Crippen LogP contribution in [0, 0.1) is 13.8 Å². The molecule has 2 aliphatic carbocycles. The Hall–Kier alpha value is -2.60. The van der Waals surface area contributed by atoms with Crippen molar-refractivity contribution in [1.29, 1.82) is 0 Å². The number of carbonyl (C=O) groups excluding carboxylic acids is 2. The molecule has 1 aromatic carbocycles. The van der Waals surface area contributed by atoms with E-state index in [9.17, 15) is 14.7 Å². The lowest BCUT2D eigenvalue weighted by Crippen LogP contribution is -2.29. The molecule has 2 aliphatic rings. The topological polar surface area (TPSA) is 97.3 Å². The zero-order valence-corrected chi connectivity index (χ0v) is 17.1. The second-order valence-corrected chi connectivity index (χ2v) is 8.39. The molecule has 4 N–H and O–H groups in total. The Morgan fingerprint density at radius 2 is 1.90 bits per heavy atom. The highest BCUT2D eigenvalue weighted by Crippen LogP contribution is 2.33. The molecule has 0 aliphatic heterocycles. The van der Waals surface area contributed by atoms with Crippen molar-refractivity contribution in [1.82, 2.24) is 4.57 Å². The second kappa shape index (κ2) is 7.67. The van der Waals surface area contributed by atoms with E-state index < -0.39 is 5.91 Å². The van der Waals surface area contributed by atoms with Gasteiger partial charge in [0, 0.05) is 40.8 Å². The maximum atomic E-state index is 12.5. The summed E-state index contributed by atoms with van der Waals surface area (Å²) in [7, 11) is 0. The average Bonchev–Trinajstić information content (AvgIpc) is 2.95. The first-order valence-electron chi connectivity index (χ1n) is 10.5. The molecule has 1 heterocycles. The van der Waals surface area contributed by atoms with Crippen LogP contribution in [0.5, 0.6) is 0 Å². The van der Waals surface area contributed by atoms with Crippen molar-refractivity contribution in [3.8, 4) is 5.69 Å². The summed E-state index contributed by atoms with van der Waals surface area (Å²) in [5.74, 6) is -0.244. The van der Waals surface area contributed by atoms with Crippen LogP contribution in [0.1, 0.15) is 76.2 Å². The highest BCUT2D eigenvalue weighted by molar-refractivity contribution is 6.01. The molecule has 1 fully saturated rings. The maximum Gasteiger partial charge on any atom is 0.250 e. The normalized spacial score (nSPS) is 21.7. The largest absolute Gasteiger partial charge is 0.393 e. The van der Waals surface area contributed by atoms with Crippen LogP contribution in [0.3, 0.4) is 0 Å². The number of hydrogen-bond acceptors (Lipinski definition) is 4. The third-order valence-corrected chi connectivity index (χ3v) is 6.49. The fourth-order valence-corrected chi connectivity index (χ4v) is 4.82. The number of Topliss-reactive ketones (excluding diaryl/α,β-unsaturated/α-hetero) is 1. The number of nitrogens with zero attached hydrogens (tertiary/aromatic N) is 1. The van der Waals surface area contributed by atoms with E-state index in [1.807, 2.05) is 26.0 Å². The molecule has 0 bridgehead atoms. The smallest absolute Gasteiger partial charge is 0.250 e. The van der Waals surface area contributed by atoms with E-state index in [1.54, 1.807) is 6.07 Å².